The summed E-state index contributed by atoms with van der Waals surface area (Å²) in [5.41, 5.74) is 1.23. The third kappa shape index (κ3) is 1.13. The van der Waals surface area contributed by atoms with Gasteiger partial charge in [0.1, 0.15) is 0 Å². The molecule has 0 spiro atoms. The quantitative estimate of drug-likeness (QED) is 0.596. The van der Waals surface area contributed by atoms with Gasteiger partial charge in [-0.1, -0.05) is 37.3 Å². The van der Waals surface area contributed by atoms with E-state index < -0.39 is 0 Å². The molecule has 0 unspecified atom stereocenters. The van der Waals surface area contributed by atoms with Gasteiger partial charge < -0.3 is 4.90 Å². The molecule has 2 rings (SSSR count). The Labute approximate surface area is 78.2 Å². The molecule has 1 aromatic rings. The summed E-state index contributed by atoms with van der Waals surface area (Å²) >= 11 is 0. The van der Waals surface area contributed by atoms with E-state index in [4.69, 9.17) is 0 Å². The smallest absolute Gasteiger partial charge is 0.228 e. The number of likely N-dealkylation sites (tertiary alicyclic amines) is 1. The average molecular weight is 175 g/mol. The maximum atomic E-state index is 11.3. The summed E-state index contributed by atoms with van der Waals surface area (Å²) in [5, 5.41) is 0. The fraction of sp³-hybridized carbons (Fsp3) is 0.364. The maximum absolute atomic E-state index is 11.3. The molecule has 1 amide bonds. The van der Waals surface area contributed by atoms with E-state index in [1.165, 1.54) is 5.56 Å². The monoisotopic (exact) mass is 175 g/mol. The Morgan fingerprint density at radius 2 is 1.85 bits per heavy atom. The van der Waals surface area contributed by atoms with Crippen LogP contribution in [0.4, 0.5) is 0 Å². The van der Waals surface area contributed by atoms with Gasteiger partial charge in [0.2, 0.25) is 5.91 Å². The van der Waals surface area contributed by atoms with E-state index in [0.717, 1.165) is 0 Å². The summed E-state index contributed by atoms with van der Waals surface area (Å²) in [5.74, 6) is 0.390. The van der Waals surface area contributed by atoms with Gasteiger partial charge in [-0.2, -0.15) is 0 Å². The van der Waals surface area contributed by atoms with E-state index in [9.17, 15) is 4.79 Å². The topological polar surface area (TPSA) is 20.3 Å². The molecule has 1 aromatic carbocycles. The van der Waals surface area contributed by atoms with Crippen molar-refractivity contribution in [2.75, 3.05) is 7.05 Å². The molecular formula is C11H13NO. The van der Waals surface area contributed by atoms with Gasteiger partial charge in [-0.3, -0.25) is 4.79 Å². The van der Waals surface area contributed by atoms with Gasteiger partial charge in [0.15, 0.2) is 0 Å². The molecule has 0 radical (unpaired) electrons. The van der Waals surface area contributed by atoms with Crippen molar-refractivity contribution in [3.63, 3.8) is 0 Å². The molecule has 0 aliphatic carbocycles. The van der Waals surface area contributed by atoms with Gasteiger partial charge in [-0.05, 0) is 5.56 Å². The zero-order chi connectivity index (χ0) is 9.42. The molecule has 2 atom stereocenters. The van der Waals surface area contributed by atoms with Crippen LogP contribution < -0.4 is 0 Å². The minimum absolute atomic E-state index is 0.146. The first-order chi connectivity index (χ1) is 6.22. The minimum atomic E-state index is 0.146. The third-order valence-corrected chi connectivity index (χ3v) is 2.77. The SMILES string of the molecule is C[C@H]1C(=O)N(C)[C@@H]1c1ccccc1. The lowest BCUT2D eigenvalue weighted by Gasteiger charge is -2.43. The van der Waals surface area contributed by atoms with Crippen LogP contribution in [-0.2, 0) is 4.79 Å². The number of carbonyl (C=O) groups excluding carboxylic acids is 1. The summed E-state index contributed by atoms with van der Waals surface area (Å²) in [6.07, 6.45) is 0. The van der Waals surface area contributed by atoms with Gasteiger partial charge in [0.25, 0.3) is 0 Å². The van der Waals surface area contributed by atoms with Gasteiger partial charge in [0.05, 0.1) is 12.0 Å². The molecule has 1 heterocycles. The molecule has 1 aliphatic heterocycles. The van der Waals surface area contributed by atoms with Crippen LogP contribution in [0.15, 0.2) is 30.3 Å². The summed E-state index contributed by atoms with van der Waals surface area (Å²) in [6, 6.07) is 10.5. The van der Waals surface area contributed by atoms with E-state index in [-0.39, 0.29) is 17.9 Å². The van der Waals surface area contributed by atoms with Crippen LogP contribution in [0.1, 0.15) is 18.5 Å². The Morgan fingerprint density at radius 1 is 1.23 bits per heavy atom. The standard InChI is InChI=1S/C11H13NO/c1-8-10(12(2)11(8)13)9-6-4-3-5-7-9/h3-8,10H,1-2H3/t8-,10+/m1/s1. The average Bonchev–Trinajstić information content (AvgIpc) is 2.19. The Hall–Kier alpha value is -1.31. The third-order valence-electron chi connectivity index (χ3n) is 2.77. The van der Waals surface area contributed by atoms with Crippen molar-refractivity contribution < 1.29 is 4.79 Å². The number of carbonyl (C=O) groups is 1. The van der Waals surface area contributed by atoms with Gasteiger partial charge in [-0.15, -0.1) is 0 Å². The second-order valence-electron chi connectivity index (χ2n) is 3.59. The maximum Gasteiger partial charge on any atom is 0.228 e. The summed E-state index contributed by atoms with van der Waals surface area (Å²) in [7, 11) is 1.86. The van der Waals surface area contributed by atoms with E-state index in [1.54, 1.807) is 4.90 Å². The summed E-state index contributed by atoms with van der Waals surface area (Å²) in [4.78, 5) is 13.1. The first-order valence-corrected chi connectivity index (χ1v) is 4.53. The molecule has 0 saturated carbocycles. The number of hydrogen-bond acceptors (Lipinski definition) is 1. The molecule has 1 aliphatic rings. The molecule has 0 bridgehead atoms. The Bertz CT molecular complexity index is 308. The number of β-lactam (4-membered cyclic amide) rings is 1. The van der Waals surface area contributed by atoms with Crippen molar-refractivity contribution in [3.8, 4) is 0 Å². The lowest BCUT2D eigenvalue weighted by molar-refractivity contribution is -0.152. The number of nitrogens with zero attached hydrogens (tertiary/aromatic N) is 1. The first kappa shape index (κ1) is 8.30. The van der Waals surface area contributed by atoms with Crippen LogP contribution in [0.5, 0.6) is 0 Å². The Kier molecular flexibility index (Phi) is 1.83. The number of rotatable bonds is 1. The zero-order valence-corrected chi connectivity index (χ0v) is 7.90. The Morgan fingerprint density at radius 3 is 2.38 bits per heavy atom. The number of benzene rings is 1. The molecule has 2 nitrogen and oxygen atoms in total. The fourth-order valence-corrected chi connectivity index (χ4v) is 2.01. The predicted molar refractivity (Wildman–Crippen MR) is 51.1 cm³/mol. The highest BCUT2D eigenvalue weighted by molar-refractivity contribution is 5.85. The van der Waals surface area contributed by atoms with Gasteiger partial charge in [0, 0.05) is 7.05 Å². The van der Waals surface area contributed by atoms with Crippen LogP contribution in [0, 0.1) is 5.92 Å². The molecule has 2 heteroatoms. The summed E-state index contributed by atoms with van der Waals surface area (Å²) < 4.78 is 0. The van der Waals surface area contributed by atoms with Crippen molar-refractivity contribution in [1.29, 1.82) is 0 Å². The minimum Gasteiger partial charge on any atom is -0.338 e. The molecule has 1 saturated heterocycles. The second-order valence-corrected chi connectivity index (χ2v) is 3.59. The first-order valence-electron chi connectivity index (χ1n) is 4.53. The van der Waals surface area contributed by atoms with Crippen LogP contribution >= 0.6 is 0 Å². The Balaban J connectivity index is 2.25. The lowest BCUT2D eigenvalue weighted by Crippen LogP contribution is -2.51. The molecule has 1 fully saturated rings. The van der Waals surface area contributed by atoms with Gasteiger partial charge in [-0.25, -0.2) is 0 Å². The van der Waals surface area contributed by atoms with E-state index >= 15 is 0 Å². The highest BCUT2D eigenvalue weighted by Crippen LogP contribution is 2.37. The van der Waals surface area contributed by atoms with Crippen molar-refractivity contribution in [1.82, 2.24) is 4.90 Å². The predicted octanol–water partition coefficient (Wildman–Crippen LogP) is 1.84. The van der Waals surface area contributed by atoms with Crippen LogP contribution in [0.25, 0.3) is 0 Å². The largest absolute Gasteiger partial charge is 0.338 e. The van der Waals surface area contributed by atoms with E-state index in [0.29, 0.717) is 0 Å². The van der Waals surface area contributed by atoms with E-state index in [2.05, 4.69) is 12.1 Å². The van der Waals surface area contributed by atoms with Crippen LogP contribution in [0.2, 0.25) is 0 Å². The molecule has 68 valence electrons. The normalized spacial score (nSPS) is 27.2. The molecule has 13 heavy (non-hydrogen) atoms. The van der Waals surface area contributed by atoms with Crippen LogP contribution in [-0.4, -0.2) is 17.9 Å². The number of hydrogen-bond donors (Lipinski definition) is 0. The van der Waals surface area contributed by atoms with Crippen LogP contribution in [0.3, 0.4) is 0 Å². The second kappa shape index (κ2) is 2.87. The van der Waals surface area contributed by atoms with Gasteiger partial charge >= 0.3 is 0 Å². The highest BCUT2D eigenvalue weighted by atomic mass is 16.2. The van der Waals surface area contributed by atoms with Crippen molar-refractivity contribution >= 4 is 5.91 Å². The number of amides is 1. The van der Waals surface area contributed by atoms with Crippen molar-refractivity contribution in [2.45, 2.75) is 13.0 Å². The summed E-state index contributed by atoms with van der Waals surface area (Å²) in [6.45, 7) is 1.99. The highest BCUT2D eigenvalue weighted by Gasteiger charge is 2.42. The van der Waals surface area contributed by atoms with E-state index in [1.807, 2.05) is 32.2 Å². The zero-order valence-electron chi connectivity index (χ0n) is 7.90. The fourth-order valence-electron chi connectivity index (χ4n) is 2.01. The van der Waals surface area contributed by atoms with Crippen molar-refractivity contribution in [3.05, 3.63) is 35.9 Å². The van der Waals surface area contributed by atoms with Crippen molar-refractivity contribution in [2.24, 2.45) is 5.92 Å². The lowest BCUT2D eigenvalue weighted by atomic mass is 9.85. The molecule has 0 aromatic heterocycles. The molecule has 0 N–H and O–H groups in total. The molecular weight excluding hydrogens is 162 g/mol.